The van der Waals surface area contributed by atoms with Gasteiger partial charge in [-0.2, -0.15) is 5.26 Å². The lowest BCUT2D eigenvalue weighted by Crippen LogP contribution is -1.91. The fraction of sp³-hybridized carbons (Fsp3) is 0.0909. The van der Waals surface area contributed by atoms with Crippen LogP contribution < -0.4 is 0 Å². The molecule has 0 unspecified atom stereocenters. The van der Waals surface area contributed by atoms with Gasteiger partial charge in [0.15, 0.2) is 0 Å². The van der Waals surface area contributed by atoms with E-state index in [9.17, 15) is 0 Å². The average molecular weight is 282 g/mol. The van der Waals surface area contributed by atoms with Crippen molar-refractivity contribution in [3.63, 3.8) is 0 Å². The van der Waals surface area contributed by atoms with Crippen LogP contribution in [-0.2, 0) is 0 Å². The molecule has 0 heterocycles. The Morgan fingerprint density at radius 3 is 2.77 bits per heavy atom. The number of rotatable bonds is 2. The van der Waals surface area contributed by atoms with E-state index >= 15 is 0 Å². The van der Waals surface area contributed by atoms with Crippen LogP contribution in [-0.4, -0.2) is 0 Å². The number of hydrogen-bond acceptors (Lipinski definition) is 1. The molecule has 1 radical (unpaired) electrons. The summed E-state index contributed by atoms with van der Waals surface area (Å²) in [7, 11) is 0. The van der Waals surface area contributed by atoms with Gasteiger partial charge in [-0.3, -0.25) is 0 Å². The third-order valence-corrected chi connectivity index (χ3v) is 2.41. The van der Waals surface area contributed by atoms with E-state index in [4.69, 9.17) is 5.26 Å². The molecular weight excluding hydrogens is 273 g/mol. The molecule has 0 saturated heterocycles. The maximum atomic E-state index is 8.75. The average Bonchev–Trinajstić information content (AvgIpc) is 2.15. The van der Waals surface area contributed by atoms with Gasteiger partial charge < -0.3 is 0 Å². The minimum absolute atomic E-state index is 0.697. The zero-order valence-electron chi connectivity index (χ0n) is 7.34. The molecular formula is C11H9IN. The first-order valence-corrected chi connectivity index (χ1v) is 4.92. The molecule has 0 bridgehead atoms. The van der Waals surface area contributed by atoms with Crippen LogP contribution in [0.15, 0.2) is 30.9 Å². The lowest BCUT2D eigenvalue weighted by molar-refractivity contribution is 1.24. The molecule has 65 valence electrons. The molecule has 0 atom stereocenters. The van der Waals surface area contributed by atoms with Gasteiger partial charge in [0.1, 0.15) is 0 Å². The first-order chi connectivity index (χ1) is 6.17. The molecule has 0 aliphatic heterocycles. The van der Waals surface area contributed by atoms with Gasteiger partial charge in [0.25, 0.3) is 0 Å². The molecule has 13 heavy (non-hydrogen) atoms. The van der Waals surface area contributed by atoms with Crippen LogP contribution in [0.3, 0.4) is 0 Å². The predicted octanol–water partition coefficient (Wildman–Crippen LogP) is 3.29. The summed E-state index contributed by atoms with van der Waals surface area (Å²) in [6, 6.07) is 7.91. The van der Waals surface area contributed by atoms with Crippen molar-refractivity contribution in [1.29, 1.82) is 5.26 Å². The Kier molecular flexibility index (Phi) is 3.49. The fourth-order valence-electron chi connectivity index (χ4n) is 1.000. The molecule has 0 spiro atoms. The number of halogens is 1. The quantitative estimate of drug-likeness (QED) is 0.763. The van der Waals surface area contributed by atoms with E-state index in [0.29, 0.717) is 5.56 Å². The monoisotopic (exact) mass is 282 g/mol. The summed E-state index contributed by atoms with van der Waals surface area (Å²) in [5, 5.41) is 8.75. The zero-order chi connectivity index (χ0) is 9.84. The second-order valence-corrected chi connectivity index (χ2v) is 3.97. The standard InChI is InChI=1S/C11H9IN/c1-3-8(2)10-4-9(7-13)5-11(12)6-10/h3-6H,1H2,2H3. The molecule has 0 amide bonds. The smallest absolute Gasteiger partial charge is 0.0992 e. The highest BCUT2D eigenvalue weighted by Crippen LogP contribution is 2.19. The first kappa shape index (κ1) is 10.3. The van der Waals surface area contributed by atoms with Gasteiger partial charge in [-0.1, -0.05) is 13.0 Å². The molecule has 1 rings (SSSR count). The number of hydrogen-bond donors (Lipinski definition) is 0. The van der Waals surface area contributed by atoms with Crippen LogP contribution in [0.1, 0.15) is 18.1 Å². The normalized spacial score (nSPS) is 9.69. The lowest BCUT2D eigenvalue weighted by atomic mass is 10.00. The summed E-state index contributed by atoms with van der Waals surface area (Å²) >= 11 is 2.21. The highest BCUT2D eigenvalue weighted by Gasteiger charge is 2.04. The van der Waals surface area contributed by atoms with E-state index in [1.54, 1.807) is 6.08 Å². The summed E-state index contributed by atoms with van der Waals surface area (Å²) < 4.78 is 1.08. The lowest BCUT2D eigenvalue weighted by Gasteiger charge is -2.06. The van der Waals surface area contributed by atoms with Crippen LogP contribution in [0.5, 0.6) is 0 Å². The first-order valence-electron chi connectivity index (χ1n) is 3.84. The van der Waals surface area contributed by atoms with Crippen LogP contribution in [0.2, 0.25) is 0 Å². The van der Waals surface area contributed by atoms with Gasteiger partial charge in [0.05, 0.1) is 11.6 Å². The van der Waals surface area contributed by atoms with Crippen molar-refractivity contribution in [1.82, 2.24) is 0 Å². The Morgan fingerprint density at radius 1 is 1.54 bits per heavy atom. The van der Waals surface area contributed by atoms with Crippen LogP contribution in [0.4, 0.5) is 0 Å². The van der Waals surface area contributed by atoms with E-state index in [0.717, 1.165) is 15.1 Å². The Bertz CT molecular complexity index is 363. The summed E-state index contributed by atoms with van der Waals surface area (Å²) in [5.41, 5.74) is 1.77. The molecule has 0 fully saturated rings. The Labute approximate surface area is 92.2 Å². The van der Waals surface area contributed by atoms with E-state index in [-0.39, 0.29) is 0 Å². The van der Waals surface area contributed by atoms with Crippen molar-refractivity contribution in [3.8, 4) is 6.07 Å². The molecule has 1 aromatic rings. The zero-order valence-corrected chi connectivity index (χ0v) is 9.50. The largest absolute Gasteiger partial charge is 0.192 e. The van der Waals surface area contributed by atoms with E-state index < -0.39 is 0 Å². The SMILES string of the molecule is C=C[C](C)c1cc(I)cc(C#N)c1. The van der Waals surface area contributed by atoms with Gasteiger partial charge >= 0.3 is 0 Å². The predicted molar refractivity (Wildman–Crippen MR) is 62.1 cm³/mol. The van der Waals surface area contributed by atoms with Crippen molar-refractivity contribution in [2.45, 2.75) is 6.92 Å². The van der Waals surface area contributed by atoms with E-state index in [2.05, 4.69) is 35.2 Å². The fourth-order valence-corrected chi connectivity index (χ4v) is 1.67. The summed E-state index contributed by atoms with van der Waals surface area (Å²) in [4.78, 5) is 0. The van der Waals surface area contributed by atoms with Crippen LogP contribution in [0.25, 0.3) is 0 Å². The Hall–Kier alpha value is -0.820. The maximum absolute atomic E-state index is 8.75. The maximum Gasteiger partial charge on any atom is 0.0992 e. The number of nitriles is 1. The van der Waals surface area contributed by atoms with Crippen LogP contribution in [0, 0.1) is 20.8 Å². The second-order valence-electron chi connectivity index (χ2n) is 2.73. The molecule has 0 N–H and O–H groups in total. The van der Waals surface area contributed by atoms with Gasteiger partial charge in [0.2, 0.25) is 0 Å². The van der Waals surface area contributed by atoms with Gasteiger partial charge in [-0.25, -0.2) is 0 Å². The molecule has 0 aliphatic carbocycles. The number of allylic oxidation sites excluding steroid dienone is 1. The highest BCUT2D eigenvalue weighted by atomic mass is 127. The molecule has 0 aliphatic rings. The van der Waals surface area contributed by atoms with Crippen molar-refractivity contribution >= 4 is 22.6 Å². The van der Waals surface area contributed by atoms with Crippen molar-refractivity contribution in [2.24, 2.45) is 0 Å². The van der Waals surface area contributed by atoms with Gasteiger partial charge in [-0.05, 0) is 46.4 Å². The number of benzene rings is 1. The van der Waals surface area contributed by atoms with Crippen LogP contribution >= 0.6 is 22.6 Å². The molecule has 0 saturated carbocycles. The molecule has 2 heteroatoms. The third kappa shape index (κ3) is 2.56. The topological polar surface area (TPSA) is 23.8 Å². The van der Waals surface area contributed by atoms with E-state index in [1.165, 1.54) is 0 Å². The minimum Gasteiger partial charge on any atom is -0.192 e. The van der Waals surface area contributed by atoms with Crippen molar-refractivity contribution in [2.75, 3.05) is 0 Å². The highest BCUT2D eigenvalue weighted by molar-refractivity contribution is 14.1. The summed E-state index contributed by atoms with van der Waals surface area (Å²) in [6.07, 6.45) is 1.80. The third-order valence-electron chi connectivity index (χ3n) is 1.79. The Balaban J connectivity index is 3.17. The van der Waals surface area contributed by atoms with E-state index in [1.807, 2.05) is 25.1 Å². The Morgan fingerprint density at radius 2 is 2.23 bits per heavy atom. The van der Waals surface area contributed by atoms with Gasteiger partial charge in [-0.15, -0.1) is 6.58 Å². The number of nitrogens with zero attached hydrogens (tertiary/aromatic N) is 1. The molecule has 1 aromatic carbocycles. The summed E-state index contributed by atoms with van der Waals surface area (Å²) in [5.74, 6) is 1.09. The molecule has 1 nitrogen and oxygen atoms in total. The molecule has 0 aromatic heterocycles. The second kappa shape index (κ2) is 4.43. The minimum atomic E-state index is 0.697. The van der Waals surface area contributed by atoms with Gasteiger partial charge in [0, 0.05) is 9.49 Å². The van der Waals surface area contributed by atoms with Crippen molar-refractivity contribution in [3.05, 3.63) is 51.5 Å². The summed E-state index contributed by atoms with van der Waals surface area (Å²) in [6.45, 7) is 5.69. The van der Waals surface area contributed by atoms with Crippen molar-refractivity contribution < 1.29 is 0 Å².